The largest absolute Gasteiger partial charge is 0.354 e. The Balaban J connectivity index is 1.33. The Hall–Kier alpha value is -3.07. The molecule has 1 saturated heterocycles. The van der Waals surface area contributed by atoms with Gasteiger partial charge < -0.3 is 15.1 Å². The summed E-state index contributed by atoms with van der Waals surface area (Å²) in [4.78, 5) is 21.0. The summed E-state index contributed by atoms with van der Waals surface area (Å²) in [6, 6.07) is 16.4. The van der Waals surface area contributed by atoms with Gasteiger partial charge in [0.25, 0.3) is 0 Å². The zero-order valence-electron chi connectivity index (χ0n) is 15.2. The number of urea groups is 1. The highest BCUT2D eigenvalue weighted by Crippen LogP contribution is 2.40. The minimum absolute atomic E-state index is 0.0156. The number of carbonyl (C=O) groups excluding carboxylic acids is 1. The second kappa shape index (κ2) is 7.67. The summed E-state index contributed by atoms with van der Waals surface area (Å²) in [7, 11) is 0. The van der Waals surface area contributed by atoms with Crippen molar-refractivity contribution in [2.24, 2.45) is 0 Å². The van der Waals surface area contributed by atoms with Gasteiger partial charge in [0, 0.05) is 44.3 Å². The number of rotatable bonds is 3. The molecule has 27 heavy (non-hydrogen) atoms. The summed E-state index contributed by atoms with van der Waals surface area (Å²) in [5, 5.41) is 12.5. The molecule has 138 valence electrons. The van der Waals surface area contributed by atoms with Gasteiger partial charge in [0.2, 0.25) is 0 Å². The van der Waals surface area contributed by atoms with Gasteiger partial charge in [-0.1, -0.05) is 30.3 Å². The van der Waals surface area contributed by atoms with Crippen LogP contribution in [0.3, 0.4) is 0 Å². The Kier molecular flexibility index (Phi) is 4.93. The van der Waals surface area contributed by atoms with Crippen molar-refractivity contribution in [2.75, 3.05) is 31.1 Å². The molecule has 0 radical (unpaired) electrons. The molecule has 6 heteroatoms. The van der Waals surface area contributed by atoms with Crippen LogP contribution < -0.4 is 10.2 Å². The molecule has 1 saturated carbocycles. The molecule has 1 aliphatic carbocycles. The third-order valence-corrected chi connectivity index (χ3v) is 5.32. The van der Waals surface area contributed by atoms with E-state index in [1.54, 1.807) is 18.3 Å². The van der Waals surface area contributed by atoms with Crippen molar-refractivity contribution < 1.29 is 4.79 Å². The molecule has 1 N–H and O–H groups in total. The summed E-state index contributed by atoms with van der Waals surface area (Å²) in [6.07, 6.45) is 3.58. The van der Waals surface area contributed by atoms with Gasteiger partial charge in [-0.25, -0.2) is 9.78 Å². The summed E-state index contributed by atoms with van der Waals surface area (Å²) >= 11 is 0. The zero-order chi connectivity index (χ0) is 18.6. The molecule has 1 aromatic carbocycles. The smallest absolute Gasteiger partial charge is 0.317 e. The number of carbonyl (C=O) groups is 1. The monoisotopic (exact) mass is 361 g/mol. The lowest BCUT2D eigenvalue weighted by Gasteiger charge is -2.23. The summed E-state index contributed by atoms with van der Waals surface area (Å²) < 4.78 is 0. The molecule has 0 spiro atoms. The standard InChI is InChI=1S/C21H23N5O/c22-15-17-8-4-9-23-20(17)25-10-5-11-26(13-12-25)21(27)24-19-14-18(19)16-6-2-1-3-7-16/h1-4,6-9,18-19H,5,10-14H2,(H,24,27)/t18-,19-/m1/s1. The van der Waals surface area contributed by atoms with Crippen LogP contribution in [0, 0.1) is 11.3 Å². The normalized spacial score (nSPS) is 21.9. The predicted molar refractivity (Wildman–Crippen MR) is 103 cm³/mol. The lowest BCUT2D eigenvalue weighted by atomic mass is 10.1. The summed E-state index contributed by atoms with van der Waals surface area (Å²) in [5.41, 5.74) is 1.88. The van der Waals surface area contributed by atoms with Crippen LogP contribution in [-0.2, 0) is 0 Å². The Bertz CT molecular complexity index is 847. The van der Waals surface area contributed by atoms with Crippen molar-refractivity contribution in [2.45, 2.75) is 24.8 Å². The van der Waals surface area contributed by atoms with E-state index in [0.717, 1.165) is 25.9 Å². The van der Waals surface area contributed by atoms with E-state index in [1.807, 2.05) is 23.1 Å². The minimum Gasteiger partial charge on any atom is -0.354 e. The van der Waals surface area contributed by atoms with Crippen molar-refractivity contribution in [1.82, 2.24) is 15.2 Å². The first-order valence-electron chi connectivity index (χ1n) is 9.46. The number of pyridine rings is 1. The van der Waals surface area contributed by atoms with Gasteiger partial charge in [-0.2, -0.15) is 5.26 Å². The van der Waals surface area contributed by atoms with Gasteiger partial charge >= 0.3 is 6.03 Å². The third-order valence-electron chi connectivity index (χ3n) is 5.32. The second-order valence-corrected chi connectivity index (χ2v) is 7.12. The number of amides is 2. The fraction of sp³-hybridized carbons (Fsp3) is 0.381. The van der Waals surface area contributed by atoms with E-state index >= 15 is 0 Å². The Labute approximate surface area is 159 Å². The van der Waals surface area contributed by atoms with E-state index in [0.29, 0.717) is 30.4 Å². The lowest BCUT2D eigenvalue weighted by Crippen LogP contribution is -2.43. The number of anilines is 1. The van der Waals surface area contributed by atoms with Crippen LogP contribution in [0.15, 0.2) is 48.7 Å². The molecular weight excluding hydrogens is 338 g/mol. The SMILES string of the molecule is N#Cc1cccnc1N1CCCN(C(=O)N[C@@H]2C[C@@H]2c2ccccc2)CC1. The predicted octanol–water partition coefficient (Wildman–Crippen LogP) is 2.73. The van der Waals surface area contributed by atoms with E-state index in [-0.39, 0.29) is 12.1 Å². The molecular formula is C21H23N5O. The average Bonchev–Trinajstić information content (AvgIpc) is 3.51. The van der Waals surface area contributed by atoms with Gasteiger partial charge in [0.1, 0.15) is 11.9 Å². The molecule has 2 fully saturated rings. The number of hydrogen-bond donors (Lipinski definition) is 1. The Morgan fingerprint density at radius 3 is 2.78 bits per heavy atom. The number of hydrogen-bond acceptors (Lipinski definition) is 4. The van der Waals surface area contributed by atoms with Crippen molar-refractivity contribution in [1.29, 1.82) is 5.26 Å². The second-order valence-electron chi connectivity index (χ2n) is 7.12. The Morgan fingerprint density at radius 2 is 1.96 bits per heavy atom. The van der Waals surface area contributed by atoms with Crippen LogP contribution in [0.2, 0.25) is 0 Å². The van der Waals surface area contributed by atoms with E-state index in [1.165, 1.54) is 5.56 Å². The summed E-state index contributed by atoms with van der Waals surface area (Å²) in [6.45, 7) is 2.84. The average molecular weight is 361 g/mol. The molecule has 2 heterocycles. The van der Waals surface area contributed by atoms with Crippen LogP contribution >= 0.6 is 0 Å². The molecule has 6 nitrogen and oxygen atoms in total. The van der Waals surface area contributed by atoms with Crippen molar-refractivity contribution in [3.63, 3.8) is 0 Å². The van der Waals surface area contributed by atoms with E-state index in [2.05, 4.69) is 33.4 Å². The molecule has 0 bridgehead atoms. The van der Waals surface area contributed by atoms with Crippen LogP contribution in [-0.4, -0.2) is 48.1 Å². The topological polar surface area (TPSA) is 72.3 Å². The van der Waals surface area contributed by atoms with E-state index < -0.39 is 0 Å². The number of aromatic nitrogens is 1. The summed E-state index contributed by atoms with van der Waals surface area (Å²) in [5.74, 6) is 1.15. The molecule has 2 atom stereocenters. The van der Waals surface area contributed by atoms with Gasteiger partial charge in [-0.3, -0.25) is 0 Å². The molecule has 1 aliphatic heterocycles. The number of nitriles is 1. The van der Waals surface area contributed by atoms with Crippen molar-refractivity contribution >= 4 is 11.8 Å². The first-order valence-corrected chi connectivity index (χ1v) is 9.46. The van der Waals surface area contributed by atoms with Gasteiger partial charge in [0.05, 0.1) is 5.56 Å². The molecule has 4 rings (SSSR count). The van der Waals surface area contributed by atoms with Gasteiger partial charge in [-0.15, -0.1) is 0 Å². The van der Waals surface area contributed by atoms with Crippen molar-refractivity contribution in [3.05, 3.63) is 59.8 Å². The Morgan fingerprint density at radius 1 is 1.11 bits per heavy atom. The van der Waals surface area contributed by atoms with Gasteiger partial charge in [-0.05, 0) is 30.5 Å². The maximum atomic E-state index is 12.7. The minimum atomic E-state index is 0.0156. The van der Waals surface area contributed by atoms with Gasteiger partial charge in [0.15, 0.2) is 0 Å². The quantitative estimate of drug-likeness (QED) is 0.912. The van der Waals surface area contributed by atoms with E-state index in [4.69, 9.17) is 0 Å². The maximum Gasteiger partial charge on any atom is 0.317 e. The van der Waals surface area contributed by atoms with E-state index in [9.17, 15) is 10.1 Å². The molecule has 2 aromatic rings. The fourth-order valence-electron chi connectivity index (χ4n) is 3.74. The number of nitrogens with one attached hydrogen (secondary N) is 1. The highest BCUT2D eigenvalue weighted by atomic mass is 16.2. The van der Waals surface area contributed by atoms with Crippen LogP contribution in [0.5, 0.6) is 0 Å². The highest BCUT2D eigenvalue weighted by Gasteiger charge is 2.40. The fourth-order valence-corrected chi connectivity index (χ4v) is 3.74. The first-order chi connectivity index (χ1) is 13.3. The molecule has 2 aliphatic rings. The van der Waals surface area contributed by atoms with Crippen LogP contribution in [0.4, 0.5) is 10.6 Å². The molecule has 0 unspecified atom stereocenters. The number of nitrogens with zero attached hydrogens (tertiary/aromatic N) is 4. The highest BCUT2D eigenvalue weighted by molar-refractivity contribution is 5.75. The van der Waals surface area contributed by atoms with Crippen LogP contribution in [0.1, 0.15) is 29.9 Å². The molecule has 2 amide bonds. The lowest BCUT2D eigenvalue weighted by molar-refractivity contribution is 0.201. The van der Waals surface area contributed by atoms with Crippen LogP contribution in [0.25, 0.3) is 0 Å². The first kappa shape index (κ1) is 17.3. The number of benzene rings is 1. The maximum absolute atomic E-state index is 12.7. The zero-order valence-corrected chi connectivity index (χ0v) is 15.2. The third kappa shape index (κ3) is 3.87. The van der Waals surface area contributed by atoms with Crippen molar-refractivity contribution in [3.8, 4) is 6.07 Å². The molecule has 1 aromatic heterocycles.